The Morgan fingerprint density at radius 1 is 1.20 bits per heavy atom. The lowest BCUT2D eigenvalue weighted by molar-refractivity contribution is 0.0814. The standard InChI is InChI=1S/C16H28N2OS/c1-4-13-15(16(2,3)19)20-14(17-13)9-12-18-10-7-5-6-8-11-18/h19H,4-12H2,1-3H3. The van der Waals surface area contributed by atoms with E-state index in [1.165, 1.54) is 43.8 Å². The van der Waals surface area contributed by atoms with Gasteiger partial charge >= 0.3 is 0 Å². The van der Waals surface area contributed by atoms with E-state index in [0.29, 0.717) is 0 Å². The zero-order chi connectivity index (χ0) is 14.6. The van der Waals surface area contributed by atoms with Crippen LogP contribution in [-0.2, 0) is 18.4 Å². The molecule has 0 aliphatic carbocycles. The van der Waals surface area contributed by atoms with Crippen LogP contribution < -0.4 is 0 Å². The lowest BCUT2D eigenvalue weighted by Crippen LogP contribution is -2.26. The molecule has 3 nitrogen and oxygen atoms in total. The Hall–Kier alpha value is -0.450. The molecule has 114 valence electrons. The molecule has 1 aliphatic heterocycles. The van der Waals surface area contributed by atoms with E-state index in [2.05, 4.69) is 11.8 Å². The molecule has 1 fully saturated rings. The van der Waals surface area contributed by atoms with E-state index in [9.17, 15) is 5.11 Å². The SMILES string of the molecule is CCc1nc(CCN2CCCCCC2)sc1C(C)(C)O. The summed E-state index contributed by atoms with van der Waals surface area (Å²) in [6.45, 7) is 9.43. The number of aromatic nitrogens is 1. The van der Waals surface area contributed by atoms with Crippen LogP contribution in [0, 0.1) is 0 Å². The van der Waals surface area contributed by atoms with Gasteiger partial charge in [0.1, 0.15) is 0 Å². The topological polar surface area (TPSA) is 36.4 Å². The molecule has 0 unspecified atom stereocenters. The maximum absolute atomic E-state index is 10.2. The minimum atomic E-state index is -0.760. The van der Waals surface area contributed by atoms with Crippen LogP contribution in [0.4, 0.5) is 0 Å². The van der Waals surface area contributed by atoms with Gasteiger partial charge in [-0.25, -0.2) is 4.98 Å². The summed E-state index contributed by atoms with van der Waals surface area (Å²) < 4.78 is 0. The van der Waals surface area contributed by atoms with E-state index in [0.717, 1.165) is 30.0 Å². The van der Waals surface area contributed by atoms with Crippen molar-refractivity contribution >= 4 is 11.3 Å². The zero-order valence-electron chi connectivity index (χ0n) is 13.1. The number of likely N-dealkylation sites (tertiary alicyclic amines) is 1. The summed E-state index contributed by atoms with van der Waals surface area (Å²) in [6.07, 6.45) is 7.38. The maximum Gasteiger partial charge on any atom is 0.0950 e. The number of hydrogen-bond acceptors (Lipinski definition) is 4. The highest BCUT2D eigenvalue weighted by Gasteiger charge is 2.24. The third-order valence-corrected chi connectivity index (χ3v) is 5.44. The number of rotatable bonds is 5. The average molecular weight is 296 g/mol. The molecule has 1 aromatic heterocycles. The fourth-order valence-electron chi connectivity index (χ4n) is 2.84. The fourth-order valence-corrected chi connectivity index (χ4v) is 3.98. The Labute approximate surface area is 127 Å². The van der Waals surface area contributed by atoms with Gasteiger partial charge in [0, 0.05) is 13.0 Å². The molecule has 0 atom stereocenters. The summed E-state index contributed by atoms with van der Waals surface area (Å²) in [5.41, 5.74) is 0.317. The highest BCUT2D eigenvalue weighted by molar-refractivity contribution is 7.11. The molecule has 1 N–H and O–H groups in total. The fraction of sp³-hybridized carbons (Fsp3) is 0.812. The molecule has 0 spiro atoms. The van der Waals surface area contributed by atoms with Gasteiger partial charge in [0.25, 0.3) is 0 Å². The molecule has 1 saturated heterocycles. The van der Waals surface area contributed by atoms with Gasteiger partial charge in [0.15, 0.2) is 0 Å². The van der Waals surface area contributed by atoms with Crippen molar-refractivity contribution in [3.8, 4) is 0 Å². The third kappa shape index (κ3) is 4.27. The van der Waals surface area contributed by atoms with Crippen molar-refractivity contribution < 1.29 is 5.11 Å². The van der Waals surface area contributed by atoms with Gasteiger partial charge in [-0.2, -0.15) is 0 Å². The van der Waals surface area contributed by atoms with Gasteiger partial charge in [-0.05, 0) is 46.2 Å². The Bertz CT molecular complexity index is 415. The zero-order valence-corrected chi connectivity index (χ0v) is 13.9. The van der Waals surface area contributed by atoms with E-state index in [1.54, 1.807) is 11.3 Å². The molecule has 1 aromatic rings. The first-order valence-electron chi connectivity index (χ1n) is 7.94. The summed E-state index contributed by atoms with van der Waals surface area (Å²) >= 11 is 1.70. The number of aryl methyl sites for hydroxylation is 1. The predicted octanol–water partition coefficient (Wildman–Crippen LogP) is 3.35. The van der Waals surface area contributed by atoms with Gasteiger partial charge in [-0.15, -0.1) is 11.3 Å². The summed E-state index contributed by atoms with van der Waals surface area (Å²) in [7, 11) is 0. The minimum Gasteiger partial charge on any atom is -0.385 e. The first-order valence-corrected chi connectivity index (χ1v) is 8.76. The lowest BCUT2D eigenvalue weighted by Gasteiger charge is -2.18. The molecule has 0 aromatic carbocycles. The van der Waals surface area contributed by atoms with Crippen LogP contribution in [0.2, 0.25) is 0 Å². The maximum atomic E-state index is 10.2. The van der Waals surface area contributed by atoms with Gasteiger partial charge in [-0.3, -0.25) is 0 Å². The second-order valence-electron chi connectivity index (χ2n) is 6.30. The van der Waals surface area contributed by atoms with Crippen molar-refractivity contribution in [1.82, 2.24) is 9.88 Å². The smallest absolute Gasteiger partial charge is 0.0950 e. The highest BCUT2D eigenvalue weighted by Crippen LogP contribution is 2.30. The van der Waals surface area contributed by atoms with Gasteiger partial charge < -0.3 is 10.0 Å². The largest absolute Gasteiger partial charge is 0.385 e. The van der Waals surface area contributed by atoms with Gasteiger partial charge in [0.05, 0.1) is 21.2 Å². The van der Waals surface area contributed by atoms with Gasteiger partial charge in [0.2, 0.25) is 0 Å². The van der Waals surface area contributed by atoms with Crippen LogP contribution >= 0.6 is 11.3 Å². The van der Waals surface area contributed by atoms with Crippen molar-refractivity contribution in [3.63, 3.8) is 0 Å². The van der Waals surface area contributed by atoms with E-state index >= 15 is 0 Å². The molecule has 20 heavy (non-hydrogen) atoms. The molecule has 0 radical (unpaired) electrons. The van der Waals surface area contributed by atoms with E-state index in [4.69, 9.17) is 4.98 Å². The first kappa shape index (κ1) is 15.9. The van der Waals surface area contributed by atoms with Crippen LogP contribution in [0.5, 0.6) is 0 Å². The summed E-state index contributed by atoms with van der Waals surface area (Å²) in [6, 6.07) is 0. The Morgan fingerprint density at radius 3 is 2.35 bits per heavy atom. The van der Waals surface area contributed by atoms with Crippen molar-refractivity contribution in [1.29, 1.82) is 0 Å². The second kappa shape index (κ2) is 7.01. The van der Waals surface area contributed by atoms with Crippen LogP contribution in [0.15, 0.2) is 0 Å². The van der Waals surface area contributed by atoms with E-state index < -0.39 is 5.60 Å². The summed E-state index contributed by atoms with van der Waals surface area (Å²) in [4.78, 5) is 8.36. The molecule has 1 aliphatic rings. The predicted molar refractivity (Wildman–Crippen MR) is 85.3 cm³/mol. The average Bonchev–Trinajstić information content (AvgIpc) is 2.65. The molecule has 4 heteroatoms. The summed E-state index contributed by atoms with van der Waals surface area (Å²) in [5.74, 6) is 0. The monoisotopic (exact) mass is 296 g/mol. The molecular weight excluding hydrogens is 268 g/mol. The van der Waals surface area contributed by atoms with Crippen molar-refractivity contribution in [2.24, 2.45) is 0 Å². The van der Waals surface area contributed by atoms with E-state index in [1.807, 2.05) is 13.8 Å². The minimum absolute atomic E-state index is 0.760. The number of nitrogens with zero attached hydrogens (tertiary/aromatic N) is 2. The van der Waals surface area contributed by atoms with Crippen molar-refractivity contribution in [3.05, 3.63) is 15.6 Å². The van der Waals surface area contributed by atoms with Crippen LogP contribution in [0.1, 0.15) is 62.0 Å². The van der Waals surface area contributed by atoms with Crippen molar-refractivity contribution in [2.75, 3.05) is 19.6 Å². The highest BCUT2D eigenvalue weighted by atomic mass is 32.1. The number of thiazole rings is 1. The molecular formula is C16H28N2OS. The van der Waals surface area contributed by atoms with Crippen LogP contribution in [0.3, 0.4) is 0 Å². The third-order valence-electron chi connectivity index (χ3n) is 3.97. The first-order chi connectivity index (χ1) is 9.50. The summed E-state index contributed by atoms with van der Waals surface area (Å²) in [5, 5.41) is 11.4. The quantitative estimate of drug-likeness (QED) is 0.905. The second-order valence-corrected chi connectivity index (χ2v) is 7.39. The van der Waals surface area contributed by atoms with Crippen LogP contribution in [-0.4, -0.2) is 34.6 Å². The molecule has 2 heterocycles. The Morgan fingerprint density at radius 2 is 1.85 bits per heavy atom. The van der Waals surface area contributed by atoms with Crippen molar-refractivity contribution in [2.45, 2.75) is 64.9 Å². The van der Waals surface area contributed by atoms with Gasteiger partial charge in [-0.1, -0.05) is 19.8 Å². The molecule has 0 saturated carbocycles. The molecule has 0 amide bonds. The van der Waals surface area contributed by atoms with E-state index in [-0.39, 0.29) is 0 Å². The van der Waals surface area contributed by atoms with Crippen LogP contribution in [0.25, 0.3) is 0 Å². The number of aliphatic hydroxyl groups is 1. The Balaban J connectivity index is 1.97. The Kier molecular flexibility index (Phi) is 5.58. The number of hydrogen-bond donors (Lipinski definition) is 1. The molecule has 0 bridgehead atoms. The normalized spacial score (nSPS) is 18.2. The lowest BCUT2D eigenvalue weighted by atomic mass is 10.1. The molecule has 2 rings (SSSR count).